The summed E-state index contributed by atoms with van der Waals surface area (Å²) in [4.78, 5) is 13.4. The summed E-state index contributed by atoms with van der Waals surface area (Å²) in [5, 5.41) is 6.48. The largest absolute Gasteiger partial charge is 0.366 e. The molecule has 3 aliphatic heterocycles. The van der Waals surface area contributed by atoms with E-state index in [2.05, 4.69) is 21.6 Å². The number of piperazine rings is 1. The predicted octanol–water partition coefficient (Wildman–Crippen LogP) is -0.986. The van der Waals surface area contributed by atoms with Crippen molar-refractivity contribution in [3.63, 3.8) is 0 Å². The van der Waals surface area contributed by atoms with Crippen LogP contribution in [0.2, 0.25) is 0 Å². The minimum atomic E-state index is -0.391. The number of nitrogens with zero attached hydrogens (tertiary/aromatic N) is 1. The number of nitrogens with one attached hydrogen (secondary N) is 2. The highest BCUT2D eigenvalue weighted by molar-refractivity contribution is 5.95. The van der Waals surface area contributed by atoms with Crippen molar-refractivity contribution in [2.45, 2.75) is 6.04 Å². The van der Waals surface area contributed by atoms with Gasteiger partial charge in [0.1, 0.15) is 0 Å². The van der Waals surface area contributed by atoms with Crippen molar-refractivity contribution in [3.05, 3.63) is 35.3 Å². The summed E-state index contributed by atoms with van der Waals surface area (Å²) in [6, 6.07) is 0.392. The Labute approximate surface area is 93.7 Å². The highest BCUT2D eigenvalue weighted by Crippen LogP contribution is 2.29. The molecular formula is C11H14N4O. The summed E-state index contributed by atoms with van der Waals surface area (Å²) in [7, 11) is 0. The van der Waals surface area contributed by atoms with Crippen LogP contribution >= 0.6 is 0 Å². The molecule has 16 heavy (non-hydrogen) atoms. The van der Waals surface area contributed by atoms with Crippen molar-refractivity contribution in [1.82, 2.24) is 15.5 Å². The SMILES string of the molecule is NC(=O)C1=CNC2=CC3CNCCN3C2=C1. The molecule has 3 rings (SSSR count). The summed E-state index contributed by atoms with van der Waals surface area (Å²) in [5.74, 6) is -0.391. The van der Waals surface area contributed by atoms with Gasteiger partial charge in [-0.2, -0.15) is 0 Å². The van der Waals surface area contributed by atoms with Crippen LogP contribution in [0.5, 0.6) is 0 Å². The summed E-state index contributed by atoms with van der Waals surface area (Å²) in [6.07, 6.45) is 5.73. The second-order valence-corrected chi connectivity index (χ2v) is 4.18. The molecule has 1 amide bonds. The number of primary amides is 1. The first-order valence-corrected chi connectivity index (χ1v) is 5.43. The van der Waals surface area contributed by atoms with Crippen LogP contribution in [0.3, 0.4) is 0 Å². The average molecular weight is 218 g/mol. The molecule has 5 nitrogen and oxygen atoms in total. The highest BCUT2D eigenvalue weighted by Gasteiger charge is 2.32. The summed E-state index contributed by atoms with van der Waals surface area (Å²) in [6.45, 7) is 2.89. The van der Waals surface area contributed by atoms with E-state index in [0.29, 0.717) is 11.6 Å². The number of nitrogens with two attached hydrogens (primary N) is 1. The zero-order valence-electron chi connectivity index (χ0n) is 8.86. The maximum atomic E-state index is 11.1. The third-order valence-corrected chi connectivity index (χ3v) is 3.19. The van der Waals surface area contributed by atoms with Gasteiger partial charge in [0, 0.05) is 25.8 Å². The fourth-order valence-electron chi connectivity index (χ4n) is 2.38. The van der Waals surface area contributed by atoms with Gasteiger partial charge in [-0.15, -0.1) is 0 Å². The van der Waals surface area contributed by atoms with Crippen LogP contribution in [-0.2, 0) is 4.79 Å². The van der Waals surface area contributed by atoms with E-state index in [4.69, 9.17) is 5.73 Å². The molecule has 0 saturated carbocycles. The fraction of sp³-hybridized carbons (Fsp3) is 0.364. The first-order chi connectivity index (χ1) is 7.75. The molecule has 0 spiro atoms. The van der Waals surface area contributed by atoms with Crippen LogP contribution in [0.15, 0.2) is 35.3 Å². The molecule has 5 heteroatoms. The van der Waals surface area contributed by atoms with Gasteiger partial charge in [-0.05, 0) is 12.2 Å². The first-order valence-electron chi connectivity index (χ1n) is 5.43. The van der Waals surface area contributed by atoms with Crippen molar-refractivity contribution in [1.29, 1.82) is 0 Å². The number of carbonyl (C=O) groups is 1. The van der Waals surface area contributed by atoms with Gasteiger partial charge in [0.05, 0.1) is 23.0 Å². The zero-order valence-corrected chi connectivity index (χ0v) is 8.86. The van der Waals surface area contributed by atoms with Crippen LogP contribution in [0.4, 0.5) is 0 Å². The van der Waals surface area contributed by atoms with Crippen LogP contribution < -0.4 is 16.4 Å². The van der Waals surface area contributed by atoms with E-state index in [9.17, 15) is 4.79 Å². The third-order valence-electron chi connectivity index (χ3n) is 3.19. The Balaban J connectivity index is 1.94. The number of fused-ring (bicyclic) bond motifs is 3. The molecule has 1 saturated heterocycles. The molecule has 3 heterocycles. The van der Waals surface area contributed by atoms with Crippen LogP contribution in [-0.4, -0.2) is 36.5 Å². The van der Waals surface area contributed by atoms with Crippen molar-refractivity contribution >= 4 is 5.91 Å². The second-order valence-electron chi connectivity index (χ2n) is 4.18. The Kier molecular flexibility index (Phi) is 2.00. The molecule has 0 aromatic rings. The minimum absolute atomic E-state index is 0.391. The van der Waals surface area contributed by atoms with Crippen LogP contribution in [0.25, 0.3) is 0 Å². The molecular weight excluding hydrogens is 204 g/mol. The second kappa shape index (κ2) is 3.38. The van der Waals surface area contributed by atoms with E-state index in [1.54, 1.807) is 6.20 Å². The molecule has 4 N–H and O–H groups in total. The molecule has 1 unspecified atom stereocenters. The monoisotopic (exact) mass is 218 g/mol. The van der Waals surface area contributed by atoms with E-state index in [0.717, 1.165) is 31.0 Å². The van der Waals surface area contributed by atoms with E-state index < -0.39 is 5.91 Å². The van der Waals surface area contributed by atoms with Crippen molar-refractivity contribution in [2.75, 3.05) is 19.6 Å². The third kappa shape index (κ3) is 1.32. The Bertz CT molecular complexity index is 435. The maximum Gasteiger partial charge on any atom is 0.250 e. The van der Waals surface area contributed by atoms with Gasteiger partial charge in [0.15, 0.2) is 0 Å². The van der Waals surface area contributed by atoms with Gasteiger partial charge in [0.25, 0.3) is 0 Å². The molecule has 1 fully saturated rings. The number of dihydropyridines is 1. The molecule has 0 bridgehead atoms. The predicted molar refractivity (Wildman–Crippen MR) is 59.9 cm³/mol. The Hall–Kier alpha value is -1.75. The summed E-state index contributed by atoms with van der Waals surface area (Å²) in [5.41, 5.74) is 7.98. The normalized spacial score (nSPS) is 27.1. The lowest BCUT2D eigenvalue weighted by molar-refractivity contribution is -0.114. The van der Waals surface area contributed by atoms with Gasteiger partial charge >= 0.3 is 0 Å². The number of hydrogen-bond acceptors (Lipinski definition) is 4. The topological polar surface area (TPSA) is 70.4 Å². The Morgan fingerprint density at radius 1 is 1.56 bits per heavy atom. The van der Waals surface area contributed by atoms with Crippen molar-refractivity contribution in [3.8, 4) is 0 Å². The molecule has 0 radical (unpaired) electrons. The zero-order chi connectivity index (χ0) is 11.1. The van der Waals surface area contributed by atoms with Crippen molar-refractivity contribution in [2.24, 2.45) is 5.73 Å². The molecule has 0 aromatic heterocycles. The standard InChI is InChI=1S/C11H14N4O/c12-11(16)7-3-10-9(14-5-7)4-8-6-13-1-2-15(8)10/h3-5,8,13-14H,1-2,6H2,(H2,12,16). The van der Waals surface area contributed by atoms with Crippen LogP contribution in [0.1, 0.15) is 0 Å². The number of amides is 1. The number of hydrogen-bond donors (Lipinski definition) is 3. The molecule has 1 atom stereocenters. The molecule has 0 aromatic carbocycles. The molecule has 0 aliphatic carbocycles. The lowest BCUT2D eigenvalue weighted by Crippen LogP contribution is -2.47. The van der Waals surface area contributed by atoms with Gasteiger partial charge < -0.3 is 21.3 Å². The van der Waals surface area contributed by atoms with Gasteiger partial charge in [0.2, 0.25) is 5.91 Å². The highest BCUT2D eigenvalue weighted by atomic mass is 16.1. The Morgan fingerprint density at radius 3 is 3.25 bits per heavy atom. The lowest BCUT2D eigenvalue weighted by Gasteiger charge is -2.33. The average Bonchev–Trinajstić information content (AvgIpc) is 2.66. The maximum absolute atomic E-state index is 11.1. The first kappa shape index (κ1) is 9.47. The minimum Gasteiger partial charge on any atom is -0.366 e. The quantitative estimate of drug-likeness (QED) is 0.529. The van der Waals surface area contributed by atoms with E-state index in [1.807, 2.05) is 6.08 Å². The van der Waals surface area contributed by atoms with Gasteiger partial charge in [-0.3, -0.25) is 4.79 Å². The van der Waals surface area contributed by atoms with E-state index in [-0.39, 0.29) is 0 Å². The van der Waals surface area contributed by atoms with E-state index in [1.165, 1.54) is 0 Å². The molecule has 3 aliphatic rings. The van der Waals surface area contributed by atoms with Crippen LogP contribution in [0, 0.1) is 0 Å². The summed E-state index contributed by atoms with van der Waals surface area (Å²) >= 11 is 0. The van der Waals surface area contributed by atoms with Gasteiger partial charge in [-0.25, -0.2) is 0 Å². The molecule has 84 valence electrons. The van der Waals surface area contributed by atoms with Crippen molar-refractivity contribution < 1.29 is 4.79 Å². The fourth-order valence-corrected chi connectivity index (χ4v) is 2.38. The number of carbonyl (C=O) groups excluding carboxylic acids is 1. The lowest BCUT2D eigenvalue weighted by atomic mass is 10.1. The number of rotatable bonds is 1. The summed E-state index contributed by atoms with van der Waals surface area (Å²) < 4.78 is 0. The van der Waals surface area contributed by atoms with Gasteiger partial charge in [-0.1, -0.05) is 0 Å². The Morgan fingerprint density at radius 2 is 2.44 bits per heavy atom. The van der Waals surface area contributed by atoms with E-state index >= 15 is 0 Å². The smallest absolute Gasteiger partial charge is 0.250 e.